The molecule has 2 heterocycles. The van der Waals surface area contributed by atoms with Crippen LogP contribution in [0.5, 0.6) is 0 Å². The Balaban J connectivity index is 1.54. The lowest BCUT2D eigenvalue weighted by atomic mass is 9.99. The van der Waals surface area contributed by atoms with Crippen molar-refractivity contribution in [3.63, 3.8) is 0 Å². The number of nitrogens with one attached hydrogen (secondary N) is 1. The molecule has 8 heteroatoms. The third-order valence-electron chi connectivity index (χ3n) is 5.45. The molecule has 1 aliphatic rings. The maximum absolute atomic E-state index is 13.5. The average Bonchev–Trinajstić information content (AvgIpc) is 3.20. The summed E-state index contributed by atoms with van der Waals surface area (Å²) in [5, 5.41) is 6.77. The Labute approximate surface area is 187 Å². The number of para-hydroxylation sites is 1. The van der Waals surface area contributed by atoms with Crippen molar-refractivity contribution >= 4 is 33.8 Å². The first-order valence-corrected chi connectivity index (χ1v) is 11.9. The third-order valence-corrected chi connectivity index (χ3v) is 7.48. The van der Waals surface area contributed by atoms with E-state index in [0.29, 0.717) is 30.8 Å². The second-order valence-electron chi connectivity index (χ2n) is 7.76. The van der Waals surface area contributed by atoms with Crippen LogP contribution >= 0.6 is 0 Å². The Bertz CT molecular complexity index is 1200. The number of carbonyl (C=O) groups is 1. The first-order valence-electron chi connectivity index (χ1n) is 10.5. The molecular formula is C24H25N3O4S. The van der Waals surface area contributed by atoms with Crippen LogP contribution in [0.4, 0.5) is 5.69 Å². The van der Waals surface area contributed by atoms with E-state index in [1.54, 1.807) is 31.2 Å². The van der Waals surface area contributed by atoms with E-state index in [1.165, 1.54) is 4.31 Å². The van der Waals surface area contributed by atoms with Crippen molar-refractivity contribution in [2.75, 3.05) is 18.4 Å². The Hall–Kier alpha value is -3.23. The number of hydrogen-bond acceptors (Lipinski definition) is 5. The van der Waals surface area contributed by atoms with Crippen molar-refractivity contribution in [3.8, 4) is 0 Å². The van der Waals surface area contributed by atoms with Crippen LogP contribution in [-0.2, 0) is 14.8 Å². The monoisotopic (exact) mass is 451 g/mol. The lowest BCUT2D eigenvalue weighted by Crippen LogP contribution is -2.43. The van der Waals surface area contributed by atoms with E-state index in [0.717, 1.165) is 5.56 Å². The van der Waals surface area contributed by atoms with Gasteiger partial charge < -0.3 is 9.84 Å². The fourth-order valence-electron chi connectivity index (χ4n) is 3.80. The van der Waals surface area contributed by atoms with E-state index in [1.807, 2.05) is 48.5 Å². The maximum atomic E-state index is 13.5. The fraction of sp³-hybridized carbons (Fsp3) is 0.250. The summed E-state index contributed by atoms with van der Waals surface area (Å²) >= 11 is 0. The quantitative estimate of drug-likeness (QED) is 0.607. The molecule has 0 radical (unpaired) electrons. The number of amides is 1. The number of carbonyl (C=O) groups excluding carboxylic acids is 1. The van der Waals surface area contributed by atoms with E-state index >= 15 is 0 Å². The molecule has 1 fully saturated rings. The van der Waals surface area contributed by atoms with Gasteiger partial charge in [0.1, 0.15) is 5.69 Å². The highest BCUT2D eigenvalue weighted by molar-refractivity contribution is 7.89. The minimum absolute atomic E-state index is 0.0498. The zero-order chi connectivity index (χ0) is 22.6. The molecule has 1 aliphatic heterocycles. The molecule has 0 aliphatic carbocycles. The molecule has 1 N–H and O–H groups in total. The highest BCUT2D eigenvalue weighted by Crippen LogP contribution is 2.29. The largest absolute Gasteiger partial charge is 0.355 e. The van der Waals surface area contributed by atoms with E-state index in [4.69, 9.17) is 4.52 Å². The van der Waals surface area contributed by atoms with E-state index in [2.05, 4.69) is 10.5 Å². The minimum Gasteiger partial charge on any atom is -0.355 e. The summed E-state index contributed by atoms with van der Waals surface area (Å²) in [7, 11) is -3.88. The second kappa shape index (κ2) is 9.50. The van der Waals surface area contributed by atoms with E-state index in [9.17, 15) is 13.2 Å². The molecule has 7 nitrogen and oxygen atoms in total. The van der Waals surface area contributed by atoms with Crippen LogP contribution in [-0.4, -0.2) is 36.9 Å². The van der Waals surface area contributed by atoms with Crippen LogP contribution in [0.1, 0.15) is 29.9 Å². The predicted molar refractivity (Wildman–Crippen MR) is 123 cm³/mol. The van der Waals surface area contributed by atoms with Crippen molar-refractivity contribution in [3.05, 3.63) is 77.7 Å². The van der Waals surface area contributed by atoms with E-state index in [-0.39, 0.29) is 23.1 Å². The van der Waals surface area contributed by atoms with Crippen LogP contribution in [0, 0.1) is 12.8 Å². The SMILES string of the molecule is Cc1noc(/C=C/c2ccccc2)c1S(=O)(=O)N1CCC[C@H](C(=O)Nc2ccccc2)C1. The van der Waals surface area contributed by atoms with Crippen LogP contribution in [0.25, 0.3) is 12.2 Å². The van der Waals surface area contributed by atoms with Crippen molar-refractivity contribution in [1.29, 1.82) is 0 Å². The molecule has 0 bridgehead atoms. The van der Waals surface area contributed by atoms with Crippen LogP contribution in [0.15, 0.2) is 70.1 Å². The summed E-state index contributed by atoms with van der Waals surface area (Å²) in [5.74, 6) is -0.424. The van der Waals surface area contributed by atoms with Crippen LogP contribution in [0.3, 0.4) is 0 Å². The summed E-state index contributed by atoms with van der Waals surface area (Å²) in [6, 6.07) is 18.7. The molecule has 1 atom stereocenters. The van der Waals surface area contributed by atoms with Crippen molar-refractivity contribution in [2.45, 2.75) is 24.7 Å². The highest BCUT2D eigenvalue weighted by Gasteiger charge is 2.36. The Morgan fingerprint density at radius 1 is 1.09 bits per heavy atom. The Morgan fingerprint density at radius 3 is 2.50 bits per heavy atom. The summed E-state index contributed by atoms with van der Waals surface area (Å²) in [5.41, 5.74) is 1.91. The number of sulfonamides is 1. The zero-order valence-electron chi connectivity index (χ0n) is 17.8. The van der Waals surface area contributed by atoms with Gasteiger partial charge in [-0.05, 0) is 43.5 Å². The van der Waals surface area contributed by atoms with Gasteiger partial charge in [-0.15, -0.1) is 0 Å². The van der Waals surface area contributed by atoms with Crippen LogP contribution in [0.2, 0.25) is 0 Å². The molecule has 3 aromatic rings. The minimum atomic E-state index is -3.88. The van der Waals surface area contributed by atoms with Gasteiger partial charge in [0.15, 0.2) is 10.7 Å². The summed E-state index contributed by atoms with van der Waals surface area (Å²) in [6.45, 7) is 2.08. The van der Waals surface area contributed by atoms with Gasteiger partial charge in [-0.25, -0.2) is 8.42 Å². The number of hydrogen-bond donors (Lipinski definition) is 1. The van der Waals surface area contributed by atoms with Gasteiger partial charge in [0.2, 0.25) is 15.9 Å². The summed E-state index contributed by atoms with van der Waals surface area (Å²) < 4.78 is 33.7. The molecule has 1 saturated heterocycles. The molecular weight excluding hydrogens is 426 g/mol. The molecule has 4 rings (SSSR count). The molecule has 166 valence electrons. The van der Waals surface area contributed by atoms with Crippen molar-refractivity contribution in [1.82, 2.24) is 9.46 Å². The molecule has 2 aromatic carbocycles. The number of rotatable bonds is 6. The summed E-state index contributed by atoms with van der Waals surface area (Å²) in [4.78, 5) is 12.8. The van der Waals surface area contributed by atoms with Crippen molar-refractivity contribution < 1.29 is 17.7 Å². The van der Waals surface area contributed by atoms with Gasteiger partial charge in [0, 0.05) is 18.8 Å². The first-order chi connectivity index (χ1) is 15.4. The van der Waals surface area contributed by atoms with Gasteiger partial charge in [0.25, 0.3) is 0 Å². The maximum Gasteiger partial charge on any atom is 0.248 e. The predicted octanol–water partition coefficient (Wildman–Crippen LogP) is 4.19. The number of anilines is 1. The lowest BCUT2D eigenvalue weighted by molar-refractivity contribution is -0.120. The normalized spacial score (nSPS) is 17.5. The topological polar surface area (TPSA) is 92.5 Å². The zero-order valence-corrected chi connectivity index (χ0v) is 18.6. The molecule has 0 spiro atoms. The molecule has 1 amide bonds. The van der Waals surface area contributed by atoms with Gasteiger partial charge in [-0.3, -0.25) is 4.79 Å². The molecule has 0 saturated carbocycles. The van der Waals surface area contributed by atoms with E-state index < -0.39 is 15.9 Å². The third kappa shape index (κ3) is 4.81. The number of nitrogens with zero attached hydrogens (tertiary/aromatic N) is 2. The van der Waals surface area contributed by atoms with Gasteiger partial charge in [-0.1, -0.05) is 59.8 Å². The molecule has 1 aromatic heterocycles. The standard InChI is InChI=1S/C24H25N3O4S/c1-18-23(22(31-26-18)15-14-19-9-4-2-5-10-19)32(29,30)27-16-8-11-20(17-27)24(28)25-21-12-6-3-7-13-21/h2-7,9-10,12-15,20H,8,11,16-17H2,1H3,(H,25,28)/b15-14+/t20-/m0/s1. The number of aryl methyl sites for hydroxylation is 1. The average molecular weight is 452 g/mol. The first kappa shape index (κ1) is 22.0. The summed E-state index contributed by atoms with van der Waals surface area (Å²) in [6.07, 6.45) is 4.64. The molecule has 0 unspecified atom stereocenters. The second-order valence-corrected chi connectivity index (χ2v) is 9.64. The Kier molecular flexibility index (Phi) is 6.53. The van der Waals surface area contributed by atoms with Gasteiger partial charge >= 0.3 is 0 Å². The highest BCUT2D eigenvalue weighted by atomic mass is 32.2. The van der Waals surface area contributed by atoms with Crippen molar-refractivity contribution in [2.24, 2.45) is 5.92 Å². The number of benzene rings is 2. The lowest BCUT2D eigenvalue weighted by Gasteiger charge is -2.31. The smallest absolute Gasteiger partial charge is 0.248 e. The van der Waals surface area contributed by atoms with Gasteiger partial charge in [-0.2, -0.15) is 4.31 Å². The van der Waals surface area contributed by atoms with Gasteiger partial charge in [0.05, 0.1) is 5.92 Å². The Morgan fingerprint density at radius 2 is 1.78 bits per heavy atom. The molecule has 32 heavy (non-hydrogen) atoms. The fourth-order valence-corrected chi connectivity index (χ4v) is 5.58. The number of aromatic nitrogens is 1. The van der Waals surface area contributed by atoms with Crippen LogP contribution < -0.4 is 5.32 Å². The number of piperidine rings is 1.